The summed E-state index contributed by atoms with van der Waals surface area (Å²) in [6, 6.07) is 11.5. The zero-order valence-electron chi connectivity index (χ0n) is 18.0. The fraction of sp³-hybridized carbons (Fsp3) is 0.269. The van der Waals surface area contributed by atoms with E-state index in [0.717, 1.165) is 28.0 Å². The summed E-state index contributed by atoms with van der Waals surface area (Å²) in [6.45, 7) is 15.2. The van der Waals surface area contributed by atoms with Crippen LogP contribution in [0.1, 0.15) is 56.9 Å². The zero-order valence-corrected chi connectivity index (χ0v) is 18.0. The van der Waals surface area contributed by atoms with Crippen molar-refractivity contribution in [2.24, 2.45) is 0 Å². The van der Waals surface area contributed by atoms with Crippen molar-refractivity contribution in [3.05, 3.63) is 108 Å². The first kappa shape index (κ1) is 24.0. The van der Waals surface area contributed by atoms with Crippen LogP contribution in [0, 0.1) is 0 Å². The monoisotopic (exact) mass is 391 g/mol. The van der Waals surface area contributed by atoms with Crippen LogP contribution in [0.3, 0.4) is 0 Å². The molecular weight excluding hydrogens is 358 g/mol. The Morgan fingerprint density at radius 3 is 2.38 bits per heavy atom. The first-order valence-electron chi connectivity index (χ1n) is 9.99. The van der Waals surface area contributed by atoms with Gasteiger partial charge in [0.15, 0.2) is 0 Å². The number of aliphatic hydroxyl groups excluding tert-OH is 1. The van der Waals surface area contributed by atoms with Crippen molar-refractivity contribution >= 4 is 0 Å². The maximum Gasteiger partial charge on any atom is 0.119 e. The van der Waals surface area contributed by atoms with Crippen LogP contribution in [-0.4, -0.2) is 15.2 Å². The molecule has 154 valence electrons. The summed E-state index contributed by atoms with van der Waals surface area (Å²) in [5.74, 6) is 0.458. The zero-order chi connectivity index (χ0) is 21.8. The molecule has 3 heteroatoms. The van der Waals surface area contributed by atoms with Gasteiger partial charge in [0.05, 0.1) is 11.5 Å². The van der Waals surface area contributed by atoms with Crippen molar-refractivity contribution in [3.63, 3.8) is 0 Å². The van der Waals surface area contributed by atoms with Gasteiger partial charge in [0.2, 0.25) is 0 Å². The molecule has 0 aliphatic heterocycles. The molecule has 1 heterocycles. The van der Waals surface area contributed by atoms with Gasteiger partial charge >= 0.3 is 0 Å². The van der Waals surface area contributed by atoms with E-state index in [0.29, 0.717) is 12.8 Å². The topological polar surface area (TPSA) is 53.4 Å². The van der Waals surface area contributed by atoms with E-state index in [9.17, 15) is 10.2 Å². The Bertz CT molecular complexity index is 860. The quantitative estimate of drug-likeness (QED) is 0.288. The lowest BCUT2D eigenvalue weighted by atomic mass is 9.86. The van der Waals surface area contributed by atoms with Gasteiger partial charge in [0.1, 0.15) is 5.75 Å². The van der Waals surface area contributed by atoms with Crippen LogP contribution < -0.4 is 0 Å². The van der Waals surface area contributed by atoms with Gasteiger partial charge in [-0.05, 0) is 61.6 Å². The number of nitrogens with zero attached hydrogens (tertiary/aromatic N) is 1. The highest BCUT2D eigenvalue weighted by Crippen LogP contribution is 2.34. The Balaban J connectivity index is 0.00000204. The van der Waals surface area contributed by atoms with E-state index in [4.69, 9.17) is 0 Å². The molecule has 29 heavy (non-hydrogen) atoms. The van der Waals surface area contributed by atoms with Gasteiger partial charge < -0.3 is 10.2 Å². The molecule has 0 bridgehead atoms. The third-order valence-corrected chi connectivity index (χ3v) is 4.47. The summed E-state index contributed by atoms with van der Waals surface area (Å²) in [6.07, 6.45) is 8.50. The number of aliphatic hydroxyl groups is 1. The standard InChI is InChI=1S/C24H27NO2.C2H6/c1-5-9-19(18(4)26)15-17(3)24(22-11-7-8-14-25-22)21-12-13-23(27)20(16-21)10-6-2;1-2/h5-8,11-16,24,26-27H,1-2,9-10H2,3-4H3;1-2H3/b17-15+,19-18+;. The second kappa shape index (κ2) is 12.4. The van der Waals surface area contributed by atoms with Gasteiger partial charge in [-0.15, -0.1) is 13.2 Å². The van der Waals surface area contributed by atoms with Crippen molar-refractivity contribution in [2.45, 2.75) is 46.5 Å². The van der Waals surface area contributed by atoms with Crippen LogP contribution in [0.15, 0.2) is 90.9 Å². The number of aromatic nitrogens is 1. The lowest BCUT2D eigenvalue weighted by Crippen LogP contribution is -2.06. The number of rotatable bonds is 8. The average Bonchev–Trinajstić information content (AvgIpc) is 2.72. The number of benzene rings is 1. The second-order valence-corrected chi connectivity index (χ2v) is 6.56. The SMILES string of the molecule is C=CCC(/C=C(\C)C(c1ccc(O)c(CC=C)c1)c1ccccn1)=C(/C)O.CC. The predicted octanol–water partition coefficient (Wildman–Crippen LogP) is 7.03. The van der Waals surface area contributed by atoms with E-state index in [1.165, 1.54) is 0 Å². The number of phenolic OH excluding ortho intramolecular Hbond substituents is 1. The predicted molar refractivity (Wildman–Crippen MR) is 123 cm³/mol. The largest absolute Gasteiger partial charge is 0.512 e. The van der Waals surface area contributed by atoms with Crippen LogP contribution in [0.25, 0.3) is 0 Å². The van der Waals surface area contributed by atoms with Crippen molar-refractivity contribution in [1.82, 2.24) is 4.98 Å². The minimum Gasteiger partial charge on any atom is -0.512 e. The first-order valence-corrected chi connectivity index (χ1v) is 9.99. The molecule has 0 amide bonds. The molecule has 0 spiro atoms. The molecule has 2 rings (SSSR count). The van der Waals surface area contributed by atoms with Crippen molar-refractivity contribution in [2.75, 3.05) is 0 Å². The van der Waals surface area contributed by atoms with E-state index in [1.54, 1.807) is 31.3 Å². The molecule has 0 aliphatic rings. The first-order chi connectivity index (χ1) is 14.0. The Hall–Kier alpha value is -3.07. The smallest absolute Gasteiger partial charge is 0.119 e. The molecule has 0 saturated carbocycles. The van der Waals surface area contributed by atoms with E-state index < -0.39 is 0 Å². The number of hydrogen-bond donors (Lipinski definition) is 2. The van der Waals surface area contributed by atoms with Crippen LogP contribution in [0.5, 0.6) is 5.75 Å². The highest BCUT2D eigenvalue weighted by Gasteiger charge is 2.19. The third kappa shape index (κ3) is 6.79. The van der Waals surface area contributed by atoms with Gasteiger partial charge in [0.25, 0.3) is 0 Å². The van der Waals surface area contributed by atoms with Gasteiger partial charge in [-0.25, -0.2) is 0 Å². The molecule has 3 nitrogen and oxygen atoms in total. The molecule has 0 saturated heterocycles. The molecule has 0 fully saturated rings. The lowest BCUT2D eigenvalue weighted by molar-refractivity contribution is 0.408. The van der Waals surface area contributed by atoms with E-state index in [-0.39, 0.29) is 17.4 Å². The Kier molecular flexibility index (Phi) is 10.2. The fourth-order valence-corrected chi connectivity index (χ4v) is 3.14. The summed E-state index contributed by atoms with van der Waals surface area (Å²) >= 11 is 0. The van der Waals surface area contributed by atoms with Crippen LogP contribution in [0.2, 0.25) is 0 Å². The molecule has 2 aromatic rings. The summed E-state index contributed by atoms with van der Waals surface area (Å²) in [4.78, 5) is 4.55. The minimum atomic E-state index is -0.0884. The molecule has 2 N–H and O–H groups in total. The molecule has 0 radical (unpaired) electrons. The number of hydrogen-bond acceptors (Lipinski definition) is 3. The Labute approximate surface area is 175 Å². The number of phenols is 1. The van der Waals surface area contributed by atoms with Crippen LogP contribution in [0.4, 0.5) is 0 Å². The van der Waals surface area contributed by atoms with Crippen LogP contribution in [-0.2, 0) is 6.42 Å². The van der Waals surface area contributed by atoms with Gasteiger partial charge in [-0.2, -0.15) is 0 Å². The van der Waals surface area contributed by atoms with Gasteiger partial charge in [-0.1, -0.05) is 55.8 Å². The van der Waals surface area contributed by atoms with Crippen molar-refractivity contribution in [1.29, 1.82) is 0 Å². The summed E-state index contributed by atoms with van der Waals surface area (Å²) < 4.78 is 0. The number of pyridine rings is 1. The minimum absolute atomic E-state index is 0.0884. The Morgan fingerprint density at radius 1 is 1.10 bits per heavy atom. The maximum atomic E-state index is 10.1. The highest BCUT2D eigenvalue weighted by atomic mass is 16.3. The van der Waals surface area contributed by atoms with Crippen molar-refractivity contribution < 1.29 is 10.2 Å². The normalized spacial score (nSPS) is 12.9. The summed E-state index contributed by atoms with van der Waals surface area (Å²) in [7, 11) is 0. The summed E-state index contributed by atoms with van der Waals surface area (Å²) in [5, 5.41) is 20.1. The molecule has 1 aromatic carbocycles. The molecule has 1 aromatic heterocycles. The van der Waals surface area contributed by atoms with Crippen molar-refractivity contribution in [3.8, 4) is 5.75 Å². The maximum absolute atomic E-state index is 10.1. The van der Waals surface area contributed by atoms with Crippen LogP contribution >= 0.6 is 0 Å². The highest BCUT2D eigenvalue weighted by molar-refractivity contribution is 5.46. The lowest BCUT2D eigenvalue weighted by Gasteiger charge is -2.20. The molecule has 1 unspecified atom stereocenters. The molecular formula is C26H33NO2. The molecule has 0 aliphatic carbocycles. The van der Waals surface area contributed by atoms with Gasteiger partial charge in [-0.3, -0.25) is 4.98 Å². The van der Waals surface area contributed by atoms with Gasteiger partial charge in [0, 0.05) is 12.1 Å². The number of allylic oxidation sites excluding steroid dienone is 6. The average molecular weight is 392 g/mol. The Morgan fingerprint density at radius 2 is 1.83 bits per heavy atom. The van der Waals surface area contributed by atoms with E-state index in [2.05, 4.69) is 18.1 Å². The fourth-order valence-electron chi connectivity index (χ4n) is 3.14. The van der Waals surface area contributed by atoms with E-state index in [1.807, 2.05) is 57.2 Å². The summed E-state index contributed by atoms with van der Waals surface area (Å²) in [5.41, 5.74) is 4.65. The molecule has 1 atom stereocenters. The second-order valence-electron chi connectivity index (χ2n) is 6.56. The number of aromatic hydroxyl groups is 1. The van der Waals surface area contributed by atoms with E-state index >= 15 is 0 Å². The third-order valence-electron chi connectivity index (χ3n) is 4.47.